The van der Waals surface area contributed by atoms with Crippen molar-refractivity contribution in [1.29, 1.82) is 0 Å². The Labute approximate surface area is 121 Å². The Balaban J connectivity index is 1.44. The Morgan fingerprint density at radius 1 is 1.48 bits per heavy atom. The van der Waals surface area contributed by atoms with Crippen LogP contribution in [0.4, 0.5) is 5.69 Å². The predicted octanol–water partition coefficient (Wildman–Crippen LogP) is 2.43. The molecule has 3 atom stereocenters. The molecule has 3 unspecified atom stereocenters. The molecule has 2 aliphatic rings. The summed E-state index contributed by atoms with van der Waals surface area (Å²) in [6.45, 7) is 1.85. The van der Waals surface area contributed by atoms with Crippen LogP contribution in [0.25, 0.3) is 11.1 Å². The number of hydrogen-bond donors (Lipinski definition) is 1. The van der Waals surface area contributed by atoms with Gasteiger partial charge in [0.1, 0.15) is 0 Å². The van der Waals surface area contributed by atoms with Gasteiger partial charge in [0.15, 0.2) is 0 Å². The van der Waals surface area contributed by atoms with Gasteiger partial charge in [0.05, 0.1) is 35.2 Å². The minimum absolute atomic E-state index is 0.0198. The van der Waals surface area contributed by atoms with Crippen LogP contribution in [0.3, 0.4) is 0 Å². The quantitative estimate of drug-likeness (QED) is 0.938. The van der Waals surface area contributed by atoms with Gasteiger partial charge in [-0.05, 0) is 38.2 Å². The number of anilines is 1. The van der Waals surface area contributed by atoms with E-state index in [1.807, 2.05) is 13.0 Å². The molecule has 2 bridgehead atoms. The van der Waals surface area contributed by atoms with Crippen LogP contribution in [-0.4, -0.2) is 28.3 Å². The lowest BCUT2D eigenvalue weighted by Gasteiger charge is -2.17. The van der Waals surface area contributed by atoms with E-state index in [0.717, 1.165) is 30.3 Å². The number of nitrogens with one attached hydrogen (secondary N) is 1. The maximum absolute atomic E-state index is 12.2. The van der Waals surface area contributed by atoms with Crippen LogP contribution >= 0.6 is 0 Å². The van der Waals surface area contributed by atoms with Gasteiger partial charge in [-0.15, -0.1) is 0 Å². The van der Waals surface area contributed by atoms with E-state index in [9.17, 15) is 4.79 Å². The lowest BCUT2D eigenvalue weighted by Crippen LogP contribution is -2.23. The Morgan fingerprint density at radius 3 is 3.14 bits per heavy atom. The number of hydrogen-bond acceptors (Lipinski definition) is 5. The topological polar surface area (TPSA) is 77.3 Å². The van der Waals surface area contributed by atoms with Crippen molar-refractivity contribution >= 4 is 22.7 Å². The fourth-order valence-corrected chi connectivity index (χ4v) is 3.42. The third-order valence-electron chi connectivity index (χ3n) is 4.47. The molecule has 4 rings (SSSR count). The van der Waals surface area contributed by atoms with E-state index in [1.54, 1.807) is 6.20 Å². The van der Waals surface area contributed by atoms with Crippen LogP contribution < -0.4 is 5.32 Å². The first-order valence-electron chi connectivity index (χ1n) is 7.36. The summed E-state index contributed by atoms with van der Waals surface area (Å²) in [6, 6.07) is 1.85. The van der Waals surface area contributed by atoms with Crippen molar-refractivity contribution in [3.8, 4) is 0 Å². The standard InChI is InChI=1S/C15H17N3O3/c1-8-12-6-10(7-16-15(12)21-18-8)17-14(19)5-9-4-11-2-3-13(9)20-11/h6-7,9,11,13H,2-5H2,1H3,(H,17,19). The van der Waals surface area contributed by atoms with Gasteiger partial charge in [-0.1, -0.05) is 5.16 Å². The Kier molecular flexibility index (Phi) is 2.92. The van der Waals surface area contributed by atoms with E-state index in [1.165, 1.54) is 0 Å². The van der Waals surface area contributed by atoms with E-state index in [4.69, 9.17) is 9.26 Å². The zero-order valence-electron chi connectivity index (χ0n) is 11.8. The highest BCUT2D eigenvalue weighted by atomic mass is 16.5. The number of amides is 1. The molecule has 1 N–H and O–H groups in total. The maximum Gasteiger partial charge on any atom is 0.258 e. The third kappa shape index (κ3) is 2.29. The molecule has 6 heteroatoms. The van der Waals surface area contributed by atoms with Crippen LogP contribution in [0, 0.1) is 12.8 Å². The Bertz CT molecular complexity index is 697. The fraction of sp³-hybridized carbons (Fsp3) is 0.533. The van der Waals surface area contributed by atoms with Gasteiger partial charge in [-0.3, -0.25) is 4.79 Å². The summed E-state index contributed by atoms with van der Waals surface area (Å²) in [5.41, 5.74) is 1.95. The second-order valence-corrected chi connectivity index (χ2v) is 5.97. The highest BCUT2D eigenvalue weighted by molar-refractivity contribution is 5.92. The molecule has 6 nitrogen and oxygen atoms in total. The molecule has 0 radical (unpaired) electrons. The van der Waals surface area contributed by atoms with Crippen LogP contribution in [-0.2, 0) is 9.53 Å². The van der Waals surface area contributed by atoms with Crippen LogP contribution in [0.15, 0.2) is 16.8 Å². The number of pyridine rings is 1. The summed E-state index contributed by atoms with van der Waals surface area (Å²) in [4.78, 5) is 16.3. The van der Waals surface area contributed by atoms with Crippen molar-refractivity contribution in [3.63, 3.8) is 0 Å². The van der Waals surface area contributed by atoms with Gasteiger partial charge >= 0.3 is 0 Å². The molecular weight excluding hydrogens is 270 g/mol. The number of aromatic nitrogens is 2. The first kappa shape index (κ1) is 12.8. The molecule has 2 aliphatic heterocycles. The second-order valence-electron chi connectivity index (χ2n) is 5.97. The van der Waals surface area contributed by atoms with E-state index >= 15 is 0 Å². The van der Waals surface area contributed by atoms with Crippen LogP contribution in [0.2, 0.25) is 0 Å². The normalized spacial score (nSPS) is 27.4. The molecule has 2 fully saturated rings. The molecule has 1 amide bonds. The summed E-state index contributed by atoms with van der Waals surface area (Å²) >= 11 is 0. The van der Waals surface area contributed by atoms with Crippen LogP contribution in [0.5, 0.6) is 0 Å². The molecule has 0 aliphatic carbocycles. The van der Waals surface area contributed by atoms with E-state index in [0.29, 0.717) is 29.8 Å². The molecule has 2 aromatic rings. The minimum atomic E-state index is 0.0198. The summed E-state index contributed by atoms with van der Waals surface area (Å²) in [5, 5.41) is 7.60. The van der Waals surface area contributed by atoms with Crippen molar-refractivity contribution in [2.24, 2.45) is 5.92 Å². The molecule has 2 saturated heterocycles. The van der Waals surface area contributed by atoms with Gasteiger partial charge in [-0.25, -0.2) is 4.98 Å². The van der Waals surface area contributed by atoms with E-state index in [-0.39, 0.29) is 12.0 Å². The maximum atomic E-state index is 12.2. The van der Waals surface area contributed by atoms with Crippen molar-refractivity contribution in [1.82, 2.24) is 10.1 Å². The fourth-order valence-electron chi connectivity index (χ4n) is 3.42. The zero-order chi connectivity index (χ0) is 14.4. The summed E-state index contributed by atoms with van der Waals surface area (Å²) < 4.78 is 10.8. The second kappa shape index (κ2) is 4.80. The monoisotopic (exact) mass is 287 g/mol. The molecular formula is C15H17N3O3. The van der Waals surface area contributed by atoms with Gasteiger partial charge in [0.25, 0.3) is 5.71 Å². The highest BCUT2D eigenvalue weighted by Crippen LogP contribution is 2.40. The number of nitrogens with zero attached hydrogens (tertiary/aromatic N) is 2. The Hall–Kier alpha value is -1.95. The first-order chi connectivity index (χ1) is 10.2. The lowest BCUT2D eigenvalue weighted by molar-refractivity contribution is -0.117. The third-order valence-corrected chi connectivity index (χ3v) is 4.47. The summed E-state index contributed by atoms with van der Waals surface area (Å²) in [6.07, 6.45) is 6.03. The van der Waals surface area contributed by atoms with Crippen molar-refractivity contribution in [3.05, 3.63) is 18.0 Å². The number of ether oxygens (including phenoxy) is 1. The first-order valence-corrected chi connectivity index (χ1v) is 7.36. The molecule has 0 aromatic carbocycles. The summed E-state index contributed by atoms with van der Waals surface area (Å²) in [5.74, 6) is 0.379. The molecule has 4 heterocycles. The number of carbonyl (C=O) groups is 1. The zero-order valence-corrected chi connectivity index (χ0v) is 11.8. The van der Waals surface area contributed by atoms with Gasteiger partial charge in [0, 0.05) is 6.42 Å². The molecule has 110 valence electrons. The number of carbonyl (C=O) groups excluding carboxylic acids is 1. The van der Waals surface area contributed by atoms with Crippen molar-refractivity contribution in [2.45, 2.75) is 44.8 Å². The van der Waals surface area contributed by atoms with Gasteiger partial charge < -0.3 is 14.6 Å². The Morgan fingerprint density at radius 2 is 2.38 bits per heavy atom. The number of fused-ring (bicyclic) bond motifs is 3. The largest absolute Gasteiger partial charge is 0.375 e. The SMILES string of the molecule is Cc1noc2ncc(NC(=O)CC3CC4CCC3O4)cc12. The van der Waals surface area contributed by atoms with E-state index < -0.39 is 0 Å². The van der Waals surface area contributed by atoms with Crippen LogP contribution in [0.1, 0.15) is 31.4 Å². The van der Waals surface area contributed by atoms with Crippen molar-refractivity contribution < 1.29 is 14.1 Å². The van der Waals surface area contributed by atoms with Crippen molar-refractivity contribution in [2.75, 3.05) is 5.32 Å². The molecule has 0 saturated carbocycles. The molecule has 21 heavy (non-hydrogen) atoms. The smallest absolute Gasteiger partial charge is 0.258 e. The minimum Gasteiger partial charge on any atom is -0.375 e. The number of aryl methyl sites for hydroxylation is 1. The summed E-state index contributed by atoms with van der Waals surface area (Å²) in [7, 11) is 0. The number of rotatable bonds is 3. The predicted molar refractivity (Wildman–Crippen MR) is 75.8 cm³/mol. The molecule has 0 spiro atoms. The highest BCUT2D eigenvalue weighted by Gasteiger charge is 2.41. The van der Waals surface area contributed by atoms with E-state index in [2.05, 4.69) is 15.5 Å². The average Bonchev–Trinajstić information content (AvgIpc) is 3.15. The van der Waals surface area contributed by atoms with Gasteiger partial charge in [0.2, 0.25) is 5.91 Å². The molecule has 2 aromatic heterocycles. The van der Waals surface area contributed by atoms with Gasteiger partial charge in [-0.2, -0.15) is 0 Å². The average molecular weight is 287 g/mol. The lowest BCUT2D eigenvalue weighted by atomic mass is 9.87.